The predicted octanol–water partition coefficient (Wildman–Crippen LogP) is 2.31. The molecule has 1 amide bonds. The van der Waals surface area contributed by atoms with Crippen molar-refractivity contribution >= 4 is 44.4 Å². The van der Waals surface area contributed by atoms with Crippen LogP contribution in [0, 0.1) is 14.9 Å². The van der Waals surface area contributed by atoms with E-state index >= 15 is 0 Å². The summed E-state index contributed by atoms with van der Waals surface area (Å²) in [6.45, 7) is 0.0292. The van der Waals surface area contributed by atoms with Crippen LogP contribution in [0.3, 0.4) is 0 Å². The molecular formula is C9H6BrIN2O. The van der Waals surface area contributed by atoms with E-state index in [1.807, 2.05) is 18.2 Å². The van der Waals surface area contributed by atoms with E-state index < -0.39 is 0 Å². The molecule has 14 heavy (non-hydrogen) atoms. The van der Waals surface area contributed by atoms with Gasteiger partial charge in [-0.25, -0.2) is 0 Å². The van der Waals surface area contributed by atoms with Crippen molar-refractivity contribution in [1.82, 2.24) is 5.32 Å². The van der Waals surface area contributed by atoms with Crippen LogP contribution in [0.2, 0.25) is 0 Å². The Kier molecular flexibility index (Phi) is 4.35. The van der Waals surface area contributed by atoms with Gasteiger partial charge in [0.05, 0.1) is 11.6 Å². The van der Waals surface area contributed by atoms with Gasteiger partial charge in [-0.05, 0) is 40.8 Å². The first-order valence-corrected chi connectivity index (χ1v) is 5.62. The van der Waals surface area contributed by atoms with Crippen molar-refractivity contribution in [3.63, 3.8) is 0 Å². The van der Waals surface area contributed by atoms with Crippen molar-refractivity contribution in [2.24, 2.45) is 0 Å². The molecule has 0 fully saturated rings. The molecule has 0 saturated heterocycles. The first-order chi connectivity index (χ1) is 6.65. The highest BCUT2D eigenvalue weighted by molar-refractivity contribution is 14.1. The van der Waals surface area contributed by atoms with Crippen molar-refractivity contribution in [2.75, 3.05) is 6.54 Å². The molecule has 0 radical (unpaired) electrons. The Hall–Kier alpha value is -0.610. The Morgan fingerprint density at radius 3 is 3.00 bits per heavy atom. The minimum absolute atomic E-state index is 0.0292. The number of carbonyl (C=O) groups is 1. The van der Waals surface area contributed by atoms with E-state index in [1.165, 1.54) is 0 Å². The summed E-state index contributed by atoms with van der Waals surface area (Å²) in [5.74, 6) is -0.225. The Bertz CT molecular complexity index is 400. The average molecular weight is 365 g/mol. The van der Waals surface area contributed by atoms with E-state index in [1.54, 1.807) is 6.07 Å². The number of benzene rings is 1. The first kappa shape index (κ1) is 11.5. The molecule has 0 saturated carbocycles. The van der Waals surface area contributed by atoms with E-state index in [9.17, 15) is 4.79 Å². The molecule has 1 aromatic carbocycles. The lowest BCUT2D eigenvalue weighted by molar-refractivity contribution is 0.0957. The second kappa shape index (κ2) is 5.32. The van der Waals surface area contributed by atoms with Crippen molar-refractivity contribution < 1.29 is 4.79 Å². The molecule has 1 rings (SSSR count). The topological polar surface area (TPSA) is 52.9 Å². The lowest BCUT2D eigenvalue weighted by atomic mass is 10.2. The van der Waals surface area contributed by atoms with E-state index in [-0.39, 0.29) is 12.5 Å². The molecule has 0 bridgehead atoms. The van der Waals surface area contributed by atoms with Gasteiger partial charge < -0.3 is 5.32 Å². The minimum atomic E-state index is -0.225. The number of carbonyl (C=O) groups excluding carboxylic acids is 1. The number of amides is 1. The molecule has 0 aromatic heterocycles. The van der Waals surface area contributed by atoms with Gasteiger partial charge in [-0.2, -0.15) is 5.26 Å². The summed E-state index contributed by atoms with van der Waals surface area (Å²) in [7, 11) is 0. The molecule has 0 aliphatic carbocycles. The van der Waals surface area contributed by atoms with Gasteiger partial charge in [0.15, 0.2) is 0 Å². The molecule has 0 unspecified atom stereocenters. The third-order valence-electron chi connectivity index (χ3n) is 1.50. The largest absolute Gasteiger partial charge is 0.339 e. The Morgan fingerprint density at radius 2 is 2.36 bits per heavy atom. The summed E-state index contributed by atoms with van der Waals surface area (Å²) in [6.07, 6.45) is 0. The molecule has 0 atom stereocenters. The predicted molar refractivity (Wildman–Crippen MR) is 64.8 cm³/mol. The fourth-order valence-electron chi connectivity index (χ4n) is 0.887. The van der Waals surface area contributed by atoms with Crippen LogP contribution in [0.1, 0.15) is 10.4 Å². The van der Waals surface area contributed by atoms with E-state index in [0.29, 0.717) is 5.56 Å². The Morgan fingerprint density at radius 1 is 1.64 bits per heavy atom. The van der Waals surface area contributed by atoms with Crippen LogP contribution < -0.4 is 5.32 Å². The van der Waals surface area contributed by atoms with Gasteiger partial charge in [0, 0.05) is 8.04 Å². The smallest absolute Gasteiger partial charge is 0.253 e. The maximum absolute atomic E-state index is 11.5. The average Bonchev–Trinajstić information content (AvgIpc) is 2.18. The number of hydrogen-bond donors (Lipinski definition) is 1. The van der Waals surface area contributed by atoms with Gasteiger partial charge in [0.1, 0.15) is 6.54 Å². The fourth-order valence-corrected chi connectivity index (χ4v) is 1.83. The Balaban J connectivity index is 2.90. The molecule has 1 aromatic rings. The molecule has 3 nitrogen and oxygen atoms in total. The van der Waals surface area contributed by atoms with Crippen molar-refractivity contribution in [3.8, 4) is 6.07 Å². The highest BCUT2D eigenvalue weighted by atomic mass is 127. The number of nitrogens with one attached hydrogen (secondary N) is 1. The summed E-state index contributed by atoms with van der Waals surface area (Å²) >= 11 is 5.36. The molecule has 1 N–H and O–H groups in total. The molecule has 0 aliphatic rings. The number of hydrogen-bond acceptors (Lipinski definition) is 2. The molecule has 0 spiro atoms. The van der Waals surface area contributed by atoms with Gasteiger partial charge in [-0.15, -0.1) is 0 Å². The first-order valence-electron chi connectivity index (χ1n) is 3.75. The van der Waals surface area contributed by atoms with Crippen LogP contribution in [0.5, 0.6) is 0 Å². The summed E-state index contributed by atoms with van der Waals surface area (Å²) in [4.78, 5) is 11.5. The quantitative estimate of drug-likeness (QED) is 0.646. The third-order valence-corrected chi connectivity index (χ3v) is 2.93. The fraction of sp³-hybridized carbons (Fsp3) is 0.111. The highest BCUT2D eigenvalue weighted by Gasteiger charge is 2.09. The van der Waals surface area contributed by atoms with Crippen LogP contribution in [0.4, 0.5) is 0 Å². The van der Waals surface area contributed by atoms with Crippen LogP contribution in [-0.2, 0) is 0 Å². The summed E-state index contributed by atoms with van der Waals surface area (Å²) < 4.78 is 1.71. The molecule has 5 heteroatoms. The van der Waals surface area contributed by atoms with Gasteiger partial charge in [-0.3, -0.25) is 4.79 Å². The minimum Gasteiger partial charge on any atom is -0.339 e. The maximum atomic E-state index is 11.5. The second-order valence-corrected chi connectivity index (χ2v) is 4.54. The second-order valence-electron chi connectivity index (χ2n) is 2.46. The normalized spacial score (nSPS) is 9.21. The molecule has 0 heterocycles. The van der Waals surface area contributed by atoms with Crippen LogP contribution >= 0.6 is 38.5 Å². The molecule has 0 aliphatic heterocycles. The number of rotatable bonds is 2. The number of halogens is 2. The summed E-state index contributed by atoms with van der Waals surface area (Å²) in [5.41, 5.74) is 0.579. The molecular weight excluding hydrogens is 359 g/mol. The number of nitriles is 1. The zero-order valence-corrected chi connectivity index (χ0v) is 10.8. The maximum Gasteiger partial charge on any atom is 0.253 e. The van der Waals surface area contributed by atoms with Gasteiger partial charge >= 0.3 is 0 Å². The molecule has 72 valence electrons. The summed E-state index contributed by atoms with van der Waals surface area (Å²) in [5, 5.41) is 10.8. The lowest BCUT2D eigenvalue weighted by Gasteiger charge is -2.03. The summed E-state index contributed by atoms with van der Waals surface area (Å²) in [6, 6.07) is 7.29. The number of nitrogens with zero attached hydrogens (tertiary/aromatic N) is 1. The monoisotopic (exact) mass is 364 g/mol. The SMILES string of the molecule is N#CCNC(=O)c1cc(Br)ccc1I. The van der Waals surface area contributed by atoms with Crippen LogP contribution in [0.15, 0.2) is 22.7 Å². The van der Waals surface area contributed by atoms with Crippen molar-refractivity contribution in [2.45, 2.75) is 0 Å². The highest BCUT2D eigenvalue weighted by Crippen LogP contribution is 2.18. The van der Waals surface area contributed by atoms with Gasteiger partial charge in [0.2, 0.25) is 0 Å². The van der Waals surface area contributed by atoms with E-state index in [0.717, 1.165) is 8.04 Å². The standard InChI is InChI=1S/C9H6BrIN2O/c10-6-1-2-8(11)7(5-6)9(14)13-4-3-12/h1-2,5H,4H2,(H,13,14). The van der Waals surface area contributed by atoms with Crippen molar-refractivity contribution in [3.05, 3.63) is 31.8 Å². The van der Waals surface area contributed by atoms with E-state index in [2.05, 4.69) is 43.8 Å². The zero-order valence-electron chi connectivity index (χ0n) is 7.05. The van der Waals surface area contributed by atoms with E-state index in [4.69, 9.17) is 5.26 Å². The van der Waals surface area contributed by atoms with Gasteiger partial charge in [0.25, 0.3) is 5.91 Å². The third kappa shape index (κ3) is 2.96. The van der Waals surface area contributed by atoms with Crippen molar-refractivity contribution in [1.29, 1.82) is 5.26 Å². The van der Waals surface area contributed by atoms with Crippen LogP contribution in [0.25, 0.3) is 0 Å². The Labute approximate surface area is 104 Å². The lowest BCUT2D eigenvalue weighted by Crippen LogP contribution is -2.24. The zero-order chi connectivity index (χ0) is 10.6. The van der Waals surface area contributed by atoms with Gasteiger partial charge in [-0.1, -0.05) is 15.9 Å². The van der Waals surface area contributed by atoms with Crippen LogP contribution in [-0.4, -0.2) is 12.5 Å².